The van der Waals surface area contributed by atoms with Crippen molar-refractivity contribution in [3.05, 3.63) is 54.1 Å². The highest BCUT2D eigenvalue weighted by Crippen LogP contribution is 2.14. The number of rotatable bonds is 3. The smallest absolute Gasteiger partial charge is 0.246 e. The number of hydrogen-bond donors (Lipinski definition) is 0. The molecule has 0 radical (unpaired) electrons. The van der Waals surface area contributed by atoms with Gasteiger partial charge < -0.3 is 9.80 Å². The predicted molar refractivity (Wildman–Crippen MR) is 83.4 cm³/mol. The SMILES string of the molecule is C=C(/C=C/C(=O)N1CCN(C)CC1)c1ccc(C)cc1. The van der Waals surface area contributed by atoms with Crippen LogP contribution in [0.4, 0.5) is 0 Å². The Morgan fingerprint density at radius 3 is 2.30 bits per heavy atom. The lowest BCUT2D eigenvalue weighted by Crippen LogP contribution is -2.46. The normalized spacial score (nSPS) is 16.6. The molecule has 1 aromatic rings. The first-order chi connectivity index (χ1) is 9.56. The Morgan fingerprint density at radius 1 is 1.10 bits per heavy atom. The zero-order chi connectivity index (χ0) is 14.5. The summed E-state index contributed by atoms with van der Waals surface area (Å²) in [6, 6.07) is 8.16. The summed E-state index contributed by atoms with van der Waals surface area (Å²) in [7, 11) is 2.08. The second-order valence-electron chi connectivity index (χ2n) is 5.35. The fourth-order valence-corrected chi connectivity index (χ4v) is 2.17. The Labute approximate surface area is 121 Å². The molecule has 2 rings (SSSR count). The van der Waals surface area contributed by atoms with Crippen LogP contribution in [-0.2, 0) is 4.79 Å². The van der Waals surface area contributed by atoms with E-state index in [4.69, 9.17) is 0 Å². The van der Waals surface area contributed by atoms with Crippen molar-refractivity contribution in [3.63, 3.8) is 0 Å². The van der Waals surface area contributed by atoms with Crippen molar-refractivity contribution in [2.75, 3.05) is 33.2 Å². The number of nitrogens with zero attached hydrogens (tertiary/aromatic N) is 2. The van der Waals surface area contributed by atoms with Crippen molar-refractivity contribution in [2.24, 2.45) is 0 Å². The topological polar surface area (TPSA) is 23.6 Å². The molecule has 0 spiro atoms. The second-order valence-corrected chi connectivity index (χ2v) is 5.35. The summed E-state index contributed by atoms with van der Waals surface area (Å²) >= 11 is 0. The highest BCUT2D eigenvalue weighted by Gasteiger charge is 2.16. The number of likely N-dealkylation sites (N-methyl/N-ethyl adjacent to an activating group) is 1. The van der Waals surface area contributed by atoms with Gasteiger partial charge in [-0.3, -0.25) is 4.79 Å². The zero-order valence-corrected chi connectivity index (χ0v) is 12.3. The van der Waals surface area contributed by atoms with Crippen molar-refractivity contribution in [1.29, 1.82) is 0 Å². The van der Waals surface area contributed by atoms with Crippen LogP contribution in [-0.4, -0.2) is 48.9 Å². The van der Waals surface area contributed by atoms with E-state index in [1.165, 1.54) is 5.56 Å². The van der Waals surface area contributed by atoms with Gasteiger partial charge in [0.05, 0.1) is 0 Å². The number of hydrogen-bond acceptors (Lipinski definition) is 2. The molecule has 1 saturated heterocycles. The van der Waals surface area contributed by atoms with Crippen molar-refractivity contribution in [1.82, 2.24) is 9.80 Å². The zero-order valence-electron chi connectivity index (χ0n) is 12.3. The van der Waals surface area contributed by atoms with Gasteiger partial charge >= 0.3 is 0 Å². The van der Waals surface area contributed by atoms with Gasteiger partial charge in [0.15, 0.2) is 0 Å². The number of amides is 1. The lowest BCUT2D eigenvalue weighted by atomic mass is 10.1. The van der Waals surface area contributed by atoms with E-state index < -0.39 is 0 Å². The predicted octanol–water partition coefficient (Wildman–Crippen LogP) is 2.34. The third-order valence-electron chi connectivity index (χ3n) is 3.66. The van der Waals surface area contributed by atoms with E-state index in [1.54, 1.807) is 6.08 Å². The molecule has 0 aliphatic carbocycles. The van der Waals surface area contributed by atoms with Crippen LogP contribution < -0.4 is 0 Å². The van der Waals surface area contributed by atoms with Gasteiger partial charge in [-0.05, 0) is 31.2 Å². The molecule has 3 nitrogen and oxygen atoms in total. The molecule has 0 aromatic heterocycles. The van der Waals surface area contributed by atoms with E-state index in [0.29, 0.717) is 0 Å². The molecule has 0 saturated carbocycles. The number of allylic oxidation sites excluding steroid dienone is 2. The molecule has 1 aliphatic heterocycles. The summed E-state index contributed by atoms with van der Waals surface area (Å²) in [5.74, 6) is 0.0753. The molecular weight excluding hydrogens is 248 g/mol. The maximum atomic E-state index is 12.1. The lowest BCUT2D eigenvalue weighted by molar-refractivity contribution is -0.127. The van der Waals surface area contributed by atoms with Crippen LogP contribution >= 0.6 is 0 Å². The number of carbonyl (C=O) groups is 1. The van der Waals surface area contributed by atoms with Crippen molar-refractivity contribution in [2.45, 2.75) is 6.92 Å². The Balaban J connectivity index is 1.93. The summed E-state index contributed by atoms with van der Waals surface area (Å²) in [5.41, 5.74) is 3.14. The molecule has 0 atom stereocenters. The van der Waals surface area contributed by atoms with Crippen LogP contribution in [0.3, 0.4) is 0 Å². The van der Waals surface area contributed by atoms with Gasteiger partial charge in [0.25, 0.3) is 0 Å². The Bertz CT molecular complexity index is 508. The summed E-state index contributed by atoms with van der Waals surface area (Å²) in [4.78, 5) is 16.2. The molecule has 1 amide bonds. The van der Waals surface area contributed by atoms with Crippen molar-refractivity contribution < 1.29 is 4.79 Å². The number of aryl methyl sites for hydroxylation is 1. The van der Waals surface area contributed by atoms with Gasteiger partial charge in [0.2, 0.25) is 5.91 Å². The molecule has 1 aliphatic rings. The van der Waals surface area contributed by atoms with Crippen molar-refractivity contribution in [3.8, 4) is 0 Å². The highest BCUT2D eigenvalue weighted by atomic mass is 16.2. The summed E-state index contributed by atoms with van der Waals surface area (Å²) in [5, 5.41) is 0. The molecule has 1 aromatic carbocycles. The largest absolute Gasteiger partial charge is 0.337 e. The average Bonchev–Trinajstić information content (AvgIpc) is 2.46. The molecule has 106 valence electrons. The lowest BCUT2D eigenvalue weighted by Gasteiger charge is -2.31. The quantitative estimate of drug-likeness (QED) is 0.622. The Kier molecular flexibility index (Phi) is 4.74. The van der Waals surface area contributed by atoms with Gasteiger partial charge in [0.1, 0.15) is 0 Å². The first-order valence-electron chi connectivity index (χ1n) is 6.98. The molecular formula is C17H22N2O. The van der Waals surface area contributed by atoms with E-state index >= 15 is 0 Å². The van der Waals surface area contributed by atoms with E-state index in [0.717, 1.165) is 37.3 Å². The van der Waals surface area contributed by atoms with Gasteiger partial charge in [-0.25, -0.2) is 0 Å². The van der Waals surface area contributed by atoms with Gasteiger partial charge in [0, 0.05) is 32.3 Å². The van der Waals surface area contributed by atoms with Crippen LogP contribution in [0.5, 0.6) is 0 Å². The van der Waals surface area contributed by atoms with E-state index in [-0.39, 0.29) is 5.91 Å². The van der Waals surface area contributed by atoms with Crippen LogP contribution in [0, 0.1) is 6.92 Å². The molecule has 3 heteroatoms. The molecule has 1 heterocycles. The van der Waals surface area contributed by atoms with Crippen LogP contribution in [0.15, 0.2) is 43.0 Å². The number of carbonyl (C=O) groups excluding carboxylic acids is 1. The summed E-state index contributed by atoms with van der Waals surface area (Å²) < 4.78 is 0. The molecule has 0 bridgehead atoms. The van der Waals surface area contributed by atoms with Gasteiger partial charge in [-0.1, -0.05) is 36.4 Å². The van der Waals surface area contributed by atoms with Crippen LogP contribution in [0.1, 0.15) is 11.1 Å². The molecule has 1 fully saturated rings. The van der Waals surface area contributed by atoms with Gasteiger partial charge in [-0.15, -0.1) is 0 Å². The third kappa shape index (κ3) is 3.81. The monoisotopic (exact) mass is 270 g/mol. The minimum atomic E-state index is 0.0753. The summed E-state index contributed by atoms with van der Waals surface area (Å²) in [6.45, 7) is 9.56. The van der Waals surface area contributed by atoms with E-state index in [1.807, 2.05) is 23.1 Å². The summed E-state index contributed by atoms with van der Waals surface area (Å²) in [6.07, 6.45) is 3.44. The standard InChI is InChI=1S/C17H22N2O/c1-14-4-7-16(8-5-14)15(2)6-9-17(20)19-12-10-18(3)11-13-19/h4-9H,2,10-13H2,1,3H3/b9-6+. The Morgan fingerprint density at radius 2 is 1.70 bits per heavy atom. The third-order valence-corrected chi connectivity index (χ3v) is 3.66. The maximum Gasteiger partial charge on any atom is 0.246 e. The van der Waals surface area contributed by atoms with Crippen molar-refractivity contribution >= 4 is 11.5 Å². The minimum Gasteiger partial charge on any atom is -0.337 e. The highest BCUT2D eigenvalue weighted by molar-refractivity contribution is 5.91. The first-order valence-corrected chi connectivity index (χ1v) is 6.98. The van der Waals surface area contributed by atoms with Gasteiger partial charge in [-0.2, -0.15) is 0 Å². The van der Waals surface area contributed by atoms with Crippen LogP contribution in [0.2, 0.25) is 0 Å². The second kappa shape index (κ2) is 6.53. The molecule has 0 N–H and O–H groups in total. The van der Waals surface area contributed by atoms with E-state index in [9.17, 15) is 4.79 Å². The fraction of sp³-hybridized carbons (Fsp3) is 0.353. The maximum absolute atomic E-state index is 12.1. The number of piperazine rings is 1. The van der Waals surface area contributed by atoms with E-state index in [2.05, 4.69) is 37.6 Å². The average molecular weight is 270 g/mol. The Hall–Kier alpha value is -1.87. The molecule has 20 heavy (non-hydrogen) atoms. The number of benzene rings is 1. The first kappa shape index (κ1) is 14.5. The fourth-order valence-electron chi connectivity index (χ4n) is 2.17. The van der Waals surface area contributed by atoms with Crippen LogP contribution in [0.25, 0.3) is 5.57 Å². The molecule has 0 unspecified atom stereocenters. The minimum absolute atomic E-state index is 0.0753.